The second kappa shape index (κ2) is 5.89. The standard InChI is InChI=1S/C18H12F6N2O/c1-2-16(27)15-11(18(22,23)24)9-26(14(15)5-6-17(16,20)21)13-4-3-10(8-25)7-12(13)19/h2-4,7,9,27H,1,5-6H2. The van der Waals surface area contributed by atoms with Gasteiger partial charge in [-0.3, -0.25) is 0 Å². The summed E-state index contributed by atoms with van der Waals surface area (Å²) in [7, 11) is 0. The first kappa shape index (κ1) is 19.0. The topological polar surface area (TPSA) is 49.0 Å². The normalized spacial score (nSPS) is 21.4. The Morgan fingerprint density at radius 1 is 1.30 bits per heavy atom. The van der Waals surface area contributed by atoms with Crippen molar-refractivity contribution in [2.24, 2.45) is 0 Å². The van der Waals surface area contributed by atoms with E-state index >= 15 is 0 Å². The predicted octanol–water partition coefficient (Wildman–Crippen LogP) is 4.46. The van der Waals surface area contributed by atoms with Gasteiger partial charge >= 0.3 is 6.18 Å². The summed E-state index contributed by atoms with van der Waals surface area (Å²) in [6.07, 6.45) is -5.68. The number of benzene rings is 1. The number of aliphatic hydroxyl groups is 1. The molecule has 1 aromatic heterocycles. The van der Waals surface area contributed by atoms with Crippen LogP contribution in [0.2, 0.25) is 0 Å². The van der Waals surface area contributed by atoms with Crippen LogP contribution in [0.4, 0.5) is 26.3 Å². The van der Waals surface area contributed by atoms with Gasteiger partial charge in [0.05, 0.1) is 22.9 Å². The average Bonchev–Trinajstić information content (AvgIpc) is 2.98. The summed E-state index contributed by atoms with van der Waals surface area (Å²) in [6, 6.07) is 4.78. The quantitative estimate of drug-likeness (QED) is 0.612. The Kier molecular flexibility index (Phi) is 4.15. The summed E-state index contributed by atoms with van der Waals surface area (Å²) >= 11 is 0. The van der Waals surface area contributed by atoms with E-state index in [0.29, 0.717) is 12.3 Å². The van der Waals surface area contributed by atoms with E-state index in [1.165, 1.54) is 6.07 Å². The van der Waals surface area contributed by atoms with Crippen molar-refractivity contribution in [1.29, 1.82) is 5.26 Å². The highest BCUT2D eigenvalue weighted by Gasteiger charge is 2.59. The largest absolute Gasteiger partial charge is 0.418 e. The van der Waals surface area contributed by atoms with Crippen LogP contribution in [0.5, 0.6) is 0 Å². The molecule has 0 spiro atoms. The lowest BCUT2D eigenvalue weighted by Crippen LogP contribution is -2.48. The smallest absolute Gasteiger partial charge is 0.375 e. The molecule has 0 saturated heterocycles. The van der Waals surface area contributed by atoms with Crippen LogP contribution >= 0.6 is 0 Å². The fourth-order valence-corrected chi connectivity index (χ4v) is 3.32. The van der Waals surface area contributed by atoms with Crippen molar-refractivity contribution < 1.29 is 31.4 Å². The van der Waals surface area contributed by atoms with Gasteiger partial charge in [-0.15, -0.1) is 0 Å². The van der Waals surface area contributed by atoms with Crippen LogP contribution in [0, 0.1) is 17.1 Å². The maximum absolute atomic E-state index is 14.3. The summed E-state index contributed by atoms with van der Waals surface area (Å²) in [5, 5.41) is 19.2. The van der Waals surface area contributed by atoms with Crippen LogP contribution < -0.4 is 0 Å². The molecule has 1 N–H and O–H groups in total. The highest BCUT2D eigenvalue weighted by molar-refractivity contribution is 5.51. The molecule has 0 saturated carbocycles. The van der Waals surface area contributed by atoms with E-state index < -0.39 is 47.5 Å². The zero-order valence-corrected chi connectivity index (χ0v) is 13.6. The number of hydrogen-bond donors (Lipinski definition) is 1. The Labute approximate surface area is 149 Å². The molecule has 9 heteroatoms. The summed E-state index contributed by atoms with van der Waals surface area (Å²) in [5.41, 5.74) is -6.48. The lowest BCUT2D eigenvalue weighted by molar-refractivity contribution is -0.177. The molecule has 1 atom stereocenters. The first-order valence-corrected chi connectivity index (χ1v) is 7.72. The second-order valence-electron chi connectivity index (χ2n) is 6.19. The molecule has 1 unspecified atom stereocenters. The molecule has 0 aliphatic heterocycles. The number of nitriles is 1. The minimum absolute atomic E-state index is 0.0533. The summed E-state index contributed by atoms with van der Waals surface area (Å²) in [5.74, 6) is -4.88. The lowest BCUT2D eigenvalue weighted by atomic mass is 9.77. The van der Waals surface area contributed by atoms with Gasteiger partial charge in [-0.2, -0.15) is 18.4 Å². The van der Waals surface area contributed by atoms with Crippen LogP contribution in [0.15, 0.2) is 37.1 Å². The molecule has 2 aromatic rings. The zero-order chi connectivity index (χ0) is 20.2. The molecule has 1 aliphatic rings. The third-order valence-electron chi connectivity index (χ3n) is 4.66. The van der Waals surface area contributed by atoms with Crippen molar-refractivity contribution >= 4 is 0 Å². The summed E-state index contributed by atoms with van der Waals surface area (Å²) in [6.45, 7) is 3.08. The van der Waals surface area contributed by atoms with E-state index in [9.17, 15) is 31.4 Å². The molecule has 3 nitrogen and oxygen atoms in total. The molecular weight excluding hydrogens is 374 g/mol. The third kappa shape index (κ3) is 2.72. The first-order chi connectivity index (χ1) is 12.5. The first-order valence-electron chi connectivity index (χ1n) is 7.72. The molecule has 0 amide bonds. The van der Waals surface area contributed by atoms with E-state index in [4.69, 9.17) is 5.26 Å². The molecule has 1 heterocycles. The lowest BCUT2D eigenvalue weighted by Gasteiger charge is -2.38. The Bertz CT molecular complexity index is 969. The van der Waals surface area contributed by atoms with Gasteiger partial charge in [-0.25, -0.2) is 13.2 Å². The number of halogens is 6. The van der Waals surface area contributed by atoms with Crippen molar-refractivity contribution in [3.8, 4) is 11.8 Å². The van der Waals surface area contributed by atoms with Crippen molar-refractivity contribution in [2.45, 2.75) is 30.5 Å². The van der Waals surface area contributed by atoms with Gasteiger partial charge < -0.3 is 9.67 Å². The fraction of sp³-hybridized carbons (Fsp3) is 0.278. The van der Waals surface area contributed by atoms with Crippen LogP contribution in [0.25, 0.3) is 5.69 Å². The predicted molar refractivity (Wildman–Crippen MR) is 82.8 cm³/mol. The average molecular weight is 386 g/mol. The van der Waals surface area contributed by atoms with E-state index in [1.807, 2.05) is 0 Å². The van der Waals surface area contributed by atoms with Gasteiger partial charge in [0, 0.05) is 23.9 Å². The van der Waals surface area contributed by atoms with E-state index in [-0.39, 0.29) is 16.9 Å². The second-order valence-corrected chi connectivity index (χ2v) is 6.19. The van der Waals surface area contributed by atoms with Crippen molar-refractivity contribution in [1.82, 2.24) is 4.57 Å². The highest BCUT2D eigenvalue weighted by atomic mass is 19.4. The van der Waals surface area contributed by atoms with Gasteiger partial charge in [0.2, 0.25) is 0 Å². The molecule has 1 aliphatic carbocycles. The molecule has 0 bridgehead atoms. The van der Waals surface area contributed by atoms with E-state index in [1.54, 1.807) is 6.07 Å². The molecule has 0 fully saturated rings. The van der Waals surface area contributed by atoms with Gasteiger partial charge in [-0.05, 0) is 30.7 Å². The van der Waals surface area contributed by atoms with Crippen LogP contribution in [-0.4, -0.2) is 15.6 Å². The Hall–Kier alpha value is -2.73. The summed E-state index contributed by atoms with van der Waals surface area (Å²) < 4.78 is 84.2. The summed E-state index contributed by atoms with van der Waals surface area (Å²) in [4.78, 5) is 0. The zero-order valence-electron chi connectivity index (χ0n) is 13.6. The Morgan fingerprint density at radius 3 is 2.48 bits per heavy atom. The fourth-order valence-electron chi connectivity index (χ4n) is 3.32. The minimum Gasteiger partial charge on any atom is -0.375 e. The van der Waals surface area contributed by atoms with Crippen molar-refractivity contribution in [3.63, 3.8) is 0 Å². The molecule has 142 valence electrons. The van der Waals surface area contributed by atoms with E-state index in [2.05, 4.69) is 6.58 Å². The van der Waals surface area contributed by atoms with Gasteiger partial charge in [0.25, 0.3) is 5.92 Å². The number of aromatic nitrogens is 1. The van der Waals surface area contributed by atoms with E-state index in [0.717, 1.165) is 16.7 Å². The van der Waals surface area contributed by atoms with Gasteiger partial charge in [0.15, 0.2) is 5.60 Å². The Morgan fingerprint density at radius 2 is 1.96 bits per heavy atom. The van der Waals surface area contributed by atoms with Crippen LogP contribution in [0.3, 0.4) is 0 Å². The number of nitrogens with zero attached hydrogens (tertiary/aromatic N) is 2. The number of fused-ring (bicyclic) bond motifs is 1. The Balaban J connectivity index is 2.36. The van der Waals surface area contributed by atoms with Crippen LogP contribution in [-0.2, 0) is 18.2 Å². The number of rotatable bonds is 2. The maximum atomic E-state index is 14.3. The van der Waals surface area contributed by atoms with Gasteiger partial charge in [-0.1, -0.05) is 6.58 Å². The number of hydrogen-bond acceptors (Lipinski definition) is 2. The van der Waals surface area contributed by atoms with Crippen molar-refractivity contribution in [3.05, 3.63) is 65.3 Å². The minimum atomic E-state index is -5.07. The molecule has 1 aromatic carbocycles. The number of alkyl halides is 5. The van der Waals surface area contributed by atoms with Crippen molar-refractivity contribution in [2.75, 3.05) is 0 Å². The molecule has 0 radical (unpaired) electrons. The molecule has 3 rings (SSSR count). The SMILES string of the molecule is C=CC1(O)c2c(C(F)(F)F)cn(-c3ccc(C#N)cc3F)c2CCC1(F)F. The molecule has 27 heavy (non-hydrogen) atoms. The molecular formula is C18H12F6N2O. The monoisotopic (exact) mass is 386 g/mol. The van der Waals surface area contributed by atoms with Gasteiger partial charge in [0.1, 0.15) is 5.82 Å². The highest BCUT2D eigenvalue weighted by Crippen LogP contribution is 2.52. The maximum Gasteiger partial charge on any atom is 0.418 e. The van der Waals surface area contributed by atoms with Crippen LogP contribution in [0.1, 0.15) is 28.8 Å². The third-order valence-corrected chi connectivity index (χ3v) is 4.66.